The molecule has 1 fully saturated rings. The molecule has 0 unspecified atom stereocenters. The van der Waals surface area contributed by atoms with Crippen molar-refractivity contribution in [1.29, 1.82) is 0 Å². The number of alkyl halides is 1. The first-order valence-corrected chi connectivity index (χ1v) is 9.36. The standard InChI is InChI=1S/C19H26Cl2O3/c1-2-3-4-5-6-16-17(19(23)10-18(16)21)12-24-15-8-13(11-22)7-14(20)9-15/h4-5,7-9,16-19,22-23H,2-3,6,10-12H2,1H3/b5-4-/t16-,17-,18-,19-/m1/s1. The lowest BCUT2D eigenvalue weighted by Gasteiger charge is -2.23. The third-order valence-electron chi connectivity index (χ3n) is 4.56. The normalized spacial score (nSPS) is 27.0. The van der Waals surface area contributed by atoms with Crippen molar-refractivity contribution in [2.45, 2.75) is 50.7 Å². The van der Waals surface area contributed by atoms with Crippen LogP contribution >= 0.6 is 23.2 Å². The number of rotatable bonds is 8. The number of aliphatic hydroxyl groups excluding tert-OH is 2. The van der Waals surface area contributed by atoms with E-state index >= 15 is 0 Å². The highest BCUT2D eigenvalue weighted by molar-refractivity contribution is 6.30. The number of ether oxygens (including phenoxy) is 1. The topological polar surface area (TPSA) is 49.7 Å². The Labute approximate surface area is 154 Å². The van der Waals surface area contributed by atoms with E-state index < -0.39 is 6.10 Å². The van der Waals surface area contributed by atoms with Gasteiger partial charge in [0, 0.05) is 16.3 Å². The maximum Gasteiger partial charge on any atom is 0.121 e. The molecule has 134 valence electrons. The van der Waals surface area contributed by atoms with Gasteiger partial charge in [0.15, 0.2) is 0 Å². The third-order valence-corrected chi connectivity index (χ3v) is 5.28. The van der Waals surface area contributed by atoms with E-state index in [-0.39, 0.29) is 23.8 Å². The molecule has 1 aliphatic rings. The zero-order chi connectivity index (χ0) is 17.5. The first-order valence-electron chi connectivity index (χ1n) is 8.55. The fraction of sp³-hybridized carbons (Fsp3) is 0.579. The molecular weight excluding hydrogens is 347 g/mol. The van der Waals surface area contributed by atoms with Crippen molar-refractivity contribution in [3.8, 4) is 5.75 Å². The van der Waals surface area contributed by atoms with Gasteiger partial charge in [0.25, 0.3) is 0 Å². The maximum atomic E-state index is 10.3. The molecule has 3 nitrogen and oxygen atoms in total. The van der Waals surface area contributed by atoms with Gasteiger partial charge in [-0.05, 0) is 48.9 Å². The van der Waals surface area contributed by atoms with Crippen LogP contribution in [0.2, 0.25) is 5.02 Å². The van der Waals surface area contributed by atoms with E-state index in [1.807, 2.05) is 0 Å². The summed E-state index contributed by atoms with van der Waals surface area (Å²) in [6.45, 7) is 2.45. The zero-order valence-corrected chi connectivity index (χ0v) is 15.5. The monoisotopic (exact) mass is 372 g/mol. The number of allylic oxidation sites excluding steroid dienone is 2. The molecule has 0 spiro atoms. The number of unbranched alkanes of at least 4 members (excludes halogenated alkanes) is 1. The fourth-order valence-corrected chi connectivity index (χ4v) is 3.94. The Hall–Kier alpha value is -0.740. The minimum atomic E-state index is -0.450. The van der Waals surface area contributed by atoms with Gasteiger partial charge < -0.3 is 14.9 Å². The second kappa shape index (κ2) is 9.67. The van der Waals surface area contributed by atoms with E-state index in [4.69, 9.17) is 27.9 Å². The predicted octanol–water partition coefficient (Wildman–Crippen LogP) is 4.56. The minimum Gasteiger partial charge on any atom is -0.493 e. The molecule has 1 aromatic carbocycles. The van der Waals surface area contributed by atoms with Crippen molar-refractivity contribution in [3.63, 3.8) is 0 Å². The van der Waals surface area contributed by atoms with Crippen molar-refractivity contribution in [2.75, 3.05) is 6.61 Å². The molecule has 0 saturated heterocycles. The third kappa shape index (κ3) is 5.38. The number of hydrogen-bond donors (Lipinski definition) is 2. The SMILES string of the molecule is CCC/C=C\C[C@@H]1[C@@H](COc2cc(Cl)cc(CO)c2)[C@H](O)C[C@H]1Cl. The van der Waals surface area contributed by atoms with Gasteiger partial charge in [-0.1, -0.05) is 37.1 Å². The number of aliphatic hydroxyl groups is 2. The lowest BCUT2D eigenvalue weighted by atomic mass is 9.92. The predicted molar refractivity (Wildman–Crippen MR) is 98.8 cm³/mol. The molecule has 0 amide bonds. The molecule has 0 aromatic heterocycles. The van der Waals surface area contributed by atoms with Crippen LogP contribution in [0, 0.1) is 11.8 Å². The van der Waals surface area contributed by atoms with E-state index in [0.717, 1.165) is 19.3 Å². The zero-order valence-electron chi connectivity index (χ0n) is 14.0. The molecule has 2 N–H and O–H groups in total. The van der Waals surface area contributed by atoms with E-state index in [9.17, 15) is 10.2 Å². The van der Waals surface area contributed by atoms with E-state index in [2.05, 4.69) is 19.1 Å². The van der Waals surface area contributed by atoms with Gasteiger partial charge in [0.2, 0.25) is 0 Å². The molecule has 24 heavy (non-hydrogen) atoms. The van der Waals surface area contributed by atoms with Crippen LogP contribution < -0.4 is 4.74 Å². The van der Waals surface area contributed by atoms with Crippen LogP contribution in [0.3, 0.4) is 0 Å². The maximum absolute atomic E-state index is 10.3. The summed E-state index contributed by atoms with van der Waals surface area (Å²) in [6, 6.07) is 5.19. The van der Waals surface area contributed by atoms with Crippen LogP contribution in [0.1, 0.15) is 38.2 Å². The molecule has 0 radical (unpaired) electrons. The highest BCUT2D eigenvalue weighted by atomic mass is 35.5. The minimum absolute atomic E-state index is 0.00432. The molecule has 4 atom stereocenters. The summed E-state index contributed by atoms with van der Waals surface area (Å²) in [4.78, 5) is 0. The van der Waals surface area contributed by atoms with E-state index in [1.165, 1.54) is 0 Å². The summed E-state index contributed by atoms with van der Waals surface area (Å²) < 4.78 is 5.85. The number of hydrogen-bond acceptors (Lipinski definition) is 3. The highest BCUT2D eigenvalue weighted by Crippen LogP contribution is 2.39. The quantitative estimate of drug-likeness (QED) is 0.519. The van der Waals surface area contributed by atoms with Crippen LogP contribution in [-0.4, -0.2) is 28.3 Å². The van der Waals surface area contributed by atoms with E-state index in [0.29, 0.717) is 29.4 Å². The molecule has 1 aliphatic carbocycles. The van der Waals surface area contributed by atoms with Crippen molar-refractivity contribution in [3.05, 3.63) is 40.9 Å². The lowest BCUT2D eigenvalue weighted by molar-refractivity contribution is 0.0807. The van der Waals surface area contributed by atoms with Gasteiger partial charge in [0.05, 0.1) is 19.3 Å². The van der Waals surface area contributed by atoms with Crippen molar-refractivity contribution in [2.24, 2.45) is 11.8 Å². The molecule has 0 bridgehead atoms. The molecule has 0 heterocycles. The Morgan fingerprint density at radius 2 is 2.04 bits per heavy atom. The van der Waals surface area contributed by atoms with Crippen molar-refractivity contribution >= 4 is 23.2 Å². The molecule has 0 aliphatic heterocycles. The molecular formula is C19H26Cl2O3. The average molecular weight is 373 g/mol. The van der Waals surface area contributed by atoms with Crippen LogP contribution in [0.25, 0.3) is 0 Å². The van der Waals surface area contributed by atoms with Crippen LogP contribution in [0.15, 0.2) is 30.4 Å². The summed E-state index contributed by atoms with van der Waals surface area (Å²) >= 11 is 12.5. The summed E-state index contributed by atoms with van der Waals surface area (Å²) in [5, 5.41) is 20.0. The first-order chi connectivity index (χ1) is 11.5. The Morgan fingerprint density at radius 3 is 2.75 bits per heavy atom. The highest BCUT2D eigenvalue weighted by Gasteiger charge is 2.41. The van der Waals surface area contributed by atoms with Crippen molar-refractivity contribution in [1.82, 2.24) is 0 Å². The van der Waals surface area contributed by atoms with Gasteiger partial charge in [-0.15, -0.1) is 11.6 Å². The van der Waals surface area contributed by atoms with Gasteiger partial charge in [0.1, 0.15) is 5.75 Å². The van der Waals surface area contributed by atoms with Crippen LogP contribution in [-0.2, 0) is 6.61 Å². The van der Waals surface area contributed by atoms with Gasteiger partial charge >= 0.3 is 0 Å². The van der Waals surface area contributed by atoms with E-state index in [1.54, 1.807) is 18.2 Å². The second-order valence-corrected chi connectivity index (χ2v) is 7.40. The Kier molecular flexibility index (Phi) is 7.89. The largest absolute Gasteiger partial charge is 0.493 e. The average Bonchev–Trinajstić information content (AvgIpc) is 2.82. The number of halogens is 2. The van der Waals surface area contributed by atoms with Crippen LogP contribution in [0.4, 0.5) is 0 Å². The molecule has 2 rings (SSSR count). The van der Waals surface area contributed by atoms with Gasteiger partial charge in [-0.25, -0.2) is 0 Å². The second-order valence-electron chi connectivity index (χ2n) is 6.41. The van der Waals surface area contributed by atoms with Gasteiger partial charge in [-0.3, -0.25) is 0 Å². The Morgan fingerprint density at radius 1 is 1.25 bits per heavy atom. The summed E-state index contributed by atoms with van der Waals surface area (Å²) in [5.74, 6) is 0.804. The van der Waals surface area contributed by atoms with Gasteiger partial charge in [-0.2, -0.15) is 0 Å². The summed E-state index contributed by atoms with van der Waals surface area (Å²) in [7, 11) is 0. The molecule has 5 heteroatoms. The van der Waals surface area contributed by atoms with Crippen LogP contribution in [0.5, 0.6) is 5.75 Å². The Bertz CT molecular complexity index is 547. The number of benzene rings is 1. The molecule has 1 aromatic rings. The summed E-state index contributed by atoms with van der Waals surface area (Å²) in [6.07, 6.45) is 7.54. The van der Waals surface area contributed by atoms with Crippen molar-refractivity contribution < 1.29 is 14.9 Å². The lowest BCUT2D eigenvalue weighted by Crippen LogP contribution is -2.27. The smallest absolute Gasteiger partial charge is 0.121 e. The Balaban J connectivity index is 1.99. The first kappa shape index (κ1) is 19.6. The molecule has 1 saturated carbocycles. The summed E-state index contributed by atoms with van der Waals surface area (Å²) in [5.41, 5.74) is 0.707. The fourth-order valence-electron chi connectivity index (χ4n) is 3.22.